The van der Waals surface area contributed by atoms with Gasteiger partial charge in [0.2, 0.25) is 0 Å². The molecule has 0 unspecified atom stereocenters. The molecule has 0 aromatic carbocycles. The lowest BCUT2D eigenvalue weighted by atomic mass is 10.1. The Morgan fingerprint density at radius 2 is 1.53 bits per heavy atom. The first-order chi connectivity index (χ1) is 8.16. The van der Waals surface area contributed by atoms with Crippen LogP contribution < -0.4 is 0 Å². The predicted octanol–water partition coefficient (Wildman–Crippen LogP) is 4.55. The number of carbonyl (C=O) groups is 1. The van der Waals surface area contributed by atoms with Crippen molar-refractivity contribution in [1.82, 2.24) is 0 Å². The van der Waals surface area contributed by atoms with Gasteiger partial charge in [0.05, 0.1) is 13.2 Å². The van der Waals surface area contributed by atoms with Gasteiger partial charge in [-0.1, -0.05) is 59.3 Å². The van der Waals surface area contributed by atoms with E-state index in [1.165, 1.54) is 32.1 Å². The van der Waals surface area contributed by atoms with Gasteiger partial charge in [0, 0.05) is 0 Å². The van der Waals surface area contributed by atoms with E-state index < -0.39 is 6.16 Å². The molecule has 0 aliphatic carbocycles. The highest BCUT2D eigenvalue weighted by Crippen LogP contribution is 2.07. The molecule has 3 heteroatoms. The molecule has 0 rings (SSSR count). The van der Waals surface area contributed by atoms with Crippen molar-refractivity contribution in [2.75, 3.05) is 13.2 Å². The Kier molecular flexibility index (Phi) is 11.2. The predicted molar refractivity (Wildman–Crippen MR) is 70.1 cm³/mol. The van der Waals surface area contributed by atoms with E-state index in [0.29, 0.717) is 19.1 Å². The summed E-state index contributed by atoms with van der Waals surface area (Å²) >= 11 is 0. The number of carbonyl (C=O) groups excluding carboxylic acids is 1. The number of ether oxygens (including phenoxy) is 2. The third kappa shape index (κ3) is 13.2. The zero-order valence-electron chi connectivity index (χ0n) is 11.7. The molecule has 0 saturated carbocycles. The molecule has 0 N–H and O–H groups in total. The van der Waals surface area contributed by atoms with Crippen molar-refractivity contribution in [3.63, 3.8) is 0 Å². The standard InChI is InChI=1S/C14H28O3/c1-4-5-6-7-8-9-10-11-16-14(15)17-12-13(2)3/h13H,4-12H2,1-3H3. The normalized spacial score (nSPS) is 10.6. The van der Waals surface area contributed by atoms with Crippen molar-refractivity contribution in [2.24, 2.45) is 5.92 Å². The molecular formula is C14H28O3. The van der Waals surface area contributed by atoms with Crippen molar-refractivity contribution in [3.8, 4) is 0 Å². The highest BCUT2D eigenvalue weighted by atomic mass is 16.7. The van der Waals surface area contributed by atoms with Gasteiger partial charge in [-0.25, -0.2) is 4.79 Å². The number of hydrogen-bond acceptors (Lipinski definition) is 3. The summed E-state index contributed by atoms with van der Waals surface area (Å²) in [5, 5.41) is 0. The van der Waals surface area contributed by atoms with Crippen molar-refractivity contribution in [3.05, 3.63) is 0 Å². The van der Waals surface area contributed by atoms with Crippen LogP contribution in [0.2, 0.25) is 0 Å². The lowest BCUT2D eigenvalue weighted by Crippen LogP contribution is -2.12. The largest absolute Gasteiger partial charge is 0.508 e. The Hall–Kier alpha value is -0.730. The van der Waals surface area contributed by atoms with Gasteiger partial charge < -0.3 is 9.47 Å². The Morgan fingerprint density at radius 3 is 2.12 bits per heavy atom. The van der Waals surface area contributed by atoms with Gasteiger partial charge in [0.25, 0.3) is 0 Å². The van der Waals surface area contributed by atoms with E-state index in [4.69, 9.17) is 9.47 Å². The van der Waals surface area contributed by atoms with Crippen LogP contribution in [-0.2, 0) is 9.47 Å². The SMILES string of the molecule is CCCCCCCCCOC(=O)OCC(C)C. The first-order valence-electron chi connectivity index (χ1n) is 6.96. The van der Waals surface area contributed by atoms with Gasteiger partial charge >= 0.3 is 6.16 Å². The average molecular weight is 244 g/mol. The maximum atomic E-state index is 11.1. The van der Waals surface area contributed by atoms with Gasteiger partial charge in [-0.05, 0) is 12.3 Å². The highest BCUT2D eigenvalue weighted by Gasteiger charge is 2.04. The van der Waals surface area contributed by atoms with Crippen LogP contribution in [0.25, 0.3) is 0 Å². The third-order valence-corrected chi connectivity index (χ3v) is 2.50. The van der Waals surface area contributed by atoms with E-state index in [0.717, 1.165) is 12.8 Å². The van der Waals surface area contributed by atoms with Crippen LogP contribution in [-0.4, -0.2) is 19.4 Å². The third-order valence-electron chi connectivity index (χ3n) is 2.50. The molecule has 0 aliphatic rings. The Morgan fingerprint density at radius 1 is 0.941 bits per heavy atom. The fourth-order valence-corrected chi connectivity index (χ4v) is 1.49. The zero-order chi connectivity index (χ0) is 12.9. The number of hydrogen-bond donors (Lipinski definition) is 0. The summed E-state index contributed by atoms with van der Waals surface area (Å²) in [5.74, 6) is 0.362. The molecule has 0 saturated heterocycles. The smallest absolute Gasteiger partial charge is 0.434 e. The molecule has 17 heavy (non-hydrogen) atoms. The monoisotopic (exact) mass is 244 g/mol. The fourth-order valence-electron chi connectivity index (χ4n) is 1.49. The number of rotatable bonds is 10. The van der Waals surface area contributed by atoms with E-state index in [2.05, 4.69) is 6.92 Å². The van der Waals surface area contributed by atoms with E-state index in [1.807, 2.05) is 13.8 Å². The van der Waals surface area contributed by atoms with E-state index >= 15 is 0 Å². The second-order valence-electron chi connectivity index (χ2n) is 4.92. The fraction of sp³-hybridized carbons (Fsp3) is 0.929. The minimum atomic E-state index is -0.523. The summed E-state index contributed by atoms with van der Waals surface area (Å²) in [6.07, 6.45) is 8.04. The van der Waals surface area contributed by atoms with Crippen LogP contribution >= 0.6 is 0 Å². The van der Waals surface area contributed by atoms with Crippen LogP contribution in [0.1, 0.15) is 65.7 Å². The van der Waals surface area contributed by atoms with E-state index in [-0.39, 0.29) is 0 Å². The van der Waals surface area contributed by atoms with E-state index in [9.17, 15) is 4.79 Å². The first kappa shape index (κ1) is 16.3. The molecule has 102 valence electrons. The lowest BCUT2D eigenvalue weighted by Gasteiger charge is -2.07. The Balaban J connectivity index is 3.14. The Labute approximate surface area is 106 Å². The minimum absolute atomic E-state index is 0.362. The van der Waals surface area contributed by atoms with Gasteiger partial charge in [-0.15, -0.1) is 0 Å². The Bertz CT molecular complexity index is 178. The summed E-state index contributed by atoms with van der Waals surface area (Å²) in [7, 11) is 0. The van der Waals surface area contributed by atoms with Crippen molar-refractivity contribution in [2.45, 2.75) is 65.7 Å². The second-order valence-corrected chi connectivity index (χ2v) is 4.92. The summed E-state index contributed by atoms with van der Waals surface area (Å²) in [6.45, 7) is 7.16. The van der Waals surface area contributed by atoms with Crippen LogP contribution in [0.4, 0.5) is 4.79 Å². The maximum absolute atomic E-state index is 11.1. The summed E-state index contributed by atoms with van der Waals surface area (Å²) in [6, 6.07) is 0. The average Bonchev–Trinajstić information content (AvgIpc) is 2.30. The van der Waals surface area contributed by atoms with Crippen LogP contribution in [0.15, 0.2) is 0 Å². The van der Waals surface area contributed by atoms with Crippen molar-refractivity contribution >= 4 is 6.16 Å². The van der Waals surface area contributed by atoms with Crippen molar-refractivity contribution < 1.29 is 14.3 Å². The van der Waals surface area contributed by atoms with Gasteiger partial charge in [0.15, 0.2) is 0 Å². The molecule has 0 radical (unpaired) electrons. The van der Waals surface area contributed by atoms with Gasteiger partial charge in [-0.3, -0.25) is 0 Å². The second kappa shape index (κ2) is 11.7. The maximum Gasteiger partial charge on any atom is 0.508 e. The quantitative estimate of drug-likeness (QED) is 0.418. The van der Waals surface area contributed by atoms with Crippen molar-refractivity contribution in [1.29, 1.82) is 0 Å². The molecule has 0 atom stereocenters. The summed E-state index contributed by atoms with van der Waals surface area (Å²) in [4.78, 5) is 11.1. The molecule has 0 fully saturated rings. The first-order valence-corrected chi connectivity index (χ1v) is 6.96. The molecule has 0 heterocycles. The molecule has 0 amide bonds. The molecule has 0 spiro atoms. The summed E-state index contributed by atoms with van der Waals surface area (Å²) in [5.41, 5.74) is 0. The minimum Gasteiger partial charge on any atom is -0.434 e. The van der Waals surface area contributed by atoms with Gasteiger partial charge in [0.1, 0.15) is 0 Å². The number of unbranched alkanes of at least 4 members (excludes halogenated alkanes) is 6. The molecule has 0 aromatic heterocycles. The van der Waals surface area contributed by atoms with Crippen LogP contribution in [0.3, 0.4) is 0 Å². The summed E-state index contributed by atoms with van der Waals surface area (Å²) < 4.78 is 9.86. The zero-order valence-corrected chi connectivity index (χ0v) is 11.7. The highest BCUT2D eigenvalue weighted by molar-refractivity contribution is 5.59. The van der Waals surface area contributed by atoms with E-state index in [1.54, 1.807) is 0 Å². The van der Waals surface area contributed by atoms with Gasteiger partial charge in [-0.2, -0.15) is 0 Å². The van der Waals surface area contributed by atoms with Crippen LogP contribution in [0, 0.1) is 5.92 Å². The van der Waals surface area contributed by atoms with Crippen LogP contribution in [0.5, 0.6) is 0 Å². The molecule has 0 bridgehead atoms. The lowest BCUT2D eigenvalue weighted by molar-refractivity contribution is 0.0465. The molecular weight excluding hydrogens is 216 g/mol. The topological polar surface area (TPSA) is 35.5 Å². The molecule has 0 aromatic rings. The molecule has 3 nitrogen and oxygen atoms in total. The molecule has 0 aliphatic heterocycles.